The van der Waals surface area contributed by atoms with E-state index in [0.29, 0.717) is 5.41 Å². The zero-order valence-electron chi connectivity index (χ0n) is 5.44. The fraction of sp³-hybridized carbons (Fsp3) is 0.833. The van der Waals surface area contributed by atoms with E-state index in [9.17, 15) is 0 Å². The van der Waals surface area contributed by atoms with Crippen molar-refractivity contribution in [2.24, 2.45) is 16.4 Å². The van der Waals surface area contributed by atoms with Gasteiger partial charge in [-0.15, -0.1) is 0 Å². The Labute approximate surface area is 49.8 Å². The molecule has 46 valence electrons. The predicted molar refractivity (Wildman–Crippen MR) is 34.6 cm³/mol. The molecule has 2 heteroatoms. The summed E-state index contributed by atoms with van der Waals surface area (Å²) in [6, 6.07) is 0. The van der Waals surface area contributed by atoms with Crippen LogP contribution in [0.15, 0.2) is 5.10 Å². The number of hydrazone groups is 1. The van der Waals surface area contributed by atoms with Crippen molar-refractivity contribution in [2.75, 3.05) is 0 Å². The predicted octanol–water partition coefficient (Wildman–Crippen LogP) is 1.12. The molecule has 0 atom stereocenters. The van der Waals surface area contributed by atoms with E-state index in [1.54, 1.807) is 0 Å². The lowest BCUT2D eigenvalue weighted by Crippen LogP contribution is -2.08. The minimum atomic E-state index is 0.384. The highest BCUT2D eigenvalue weighted by Crippen LogP contribution is 2.45. The van der Waals surface area contributed by atoms with Crippen molar-refractivity contribution in [3.63, 3.8) is 0 Å². The third kappa shape index (κ3) is 0.703. The van der Waals surface area contributed by atoms with E-state index in [1.807, 2.05) is 6.92 Å². The Morgan fingerprint density at radius 1 is 1.62 bits per heavy atom. The van der Waals surface area contributed by atoms with Crippen molar-refractivity contribution in [1.29, 1.82) is 0 Å². The van der Waals surface area contributed by atoms with Crippen LogP contribution in [0.4, 0.5) is 0 Å². The van der Waals surface area contributed by atoms with E-state index in [-0.39, 0.29) is 0 Å². The van der Waals surface area contributed by atoms with Crippen LogP contribution in [-0.4, -0.2) is 5.71 Å². The maximum atomic E-state index is 5.09. The summed E-state index contributed by atoms with van der Waals surface area (Å²) in [4.78, 5) is 0. The highest BCUT2D eigenvalue weighted by atomic mass is 15.1. The lowest BCUT2D eigenvalue weighted by molar-refractivity contribution is 0.791. The van der Waals surface area contributed by atoms with Gasteiger partial charge in [0.05, 0.1) is 0 Å². The third-order valence-electron chi connectivity index (χ3n) is 2.07. The van der Waals surface area contributed by atoms with Crippen LogP contribution in [-0.2, 0) is 0 Å². The molecule has 0 spiro atoms. The summed E-state index contributed by atoms with van der Waals surface area (Å²) in [7, 11) is 0. The second-order valence-corrected chi connectivity index (χ2v) is 2.78. The molecule has 8 heavy (non-hydrogen) atoms. The molecule has 0 aliphatic heterocycles. The van der Waals surface area contributed by atoms with Crippen LogP contribution in [0.1, 0.15) is 26.7 Å². The largest absolute Gasteiger partial charge is 0.323 e. The number of rotatable bonds is 1. The van der Waals surface area contributed by atoms with Crippen LogP contribution in [0.5, 0.6) is 0 Å². The third-order valence-corrected chi connectivity index (χ3v) is 2.07. The van der Waals surface area contributed by atoms with Gasteiger partial charge in [0.15, 0.2) is 0 Å². The van der Waals surface area contributed by atoms with E-state index in [1.165, 1.54) is 12.8 Å². The molecule has 0 heterocycles. The lowest BCUT2D eigenvalue weighted by atomic mass is 10.1. The molecular weight excluding hydrogens is 100 g/mol. The molecule has 0 aromatic carbocycles. The van der Waals surface area contributed by atoms with Crippen molar-refractivity contribution < 1.29 is 0 Å². The molecule has 0 amide bonds. The Balaban J connectivity index is 2.59. The van der Waals surface area contributed by atoms with Gasteiger partial charge < -0.3 is 5.84 Å². The SMILES string of the molecule is C/C(=N\N)C1(C)CC1. The molecule has 2 nitrogen and oxygen atoms in total. The standard InChI is InChI=1S/C6H12N2/c1-5(8-7)6(2)3-4-6/h3-4,7H2,1-2H3/b8-5+. The number of hydrogen-bond donors (Lipinski definition) is 1. The summed E-state index contributed by atoms with van der Waals surface area (Å²) >= 11 is 0. The van der Waals surface area contributed by atoms with Gasteiger partial charge in [-0.2, -0.15) is 5.10 Å². The average molecular weight is 112 g/mol. The van der Waals surface area contributed by atoms with E-state index < -0.39 is 0 Å². The topological polar surface area (TPSA) is 38.4 Å². The van der Waals surface area contributed by atoms with E-state index in [2.05, 4.69) is 12.0 Å². The van der Waals surface area contributed by atoms with Gasteiger partial charge in [-0.1, -0.05) is 6.92 Å². The second-order valence-electron chi connectivity index (χ2n) is 2.78. The highest BCUT2D eigenvalue weighted by molar-refractivity contribution is 5.89. The Morgan fingerprint density at radius 2 is 2.12 bits per heavy atom. The van der Waals surface area contributed by atoms with Crippen molar-refractivity contribution in [2.45, 2.75) is 26.7 Å². The molecule has 1 saturated carbocycles. The summed E-state index contributed by atoms with van der Waals surface area (Å²) in [5.41, 5.74) is 1.48. The fourth-order valence-electron chi connectivity index (χ4n) is 0.705. The maximum Gasteiger partial charge on any atom is 0.0403 e. The monoisotopic (exact) mass is 112 g/mol. The minimum absolute atomic E-state index is 0.384. The van der Waals surface area contributed by atoms with Crippen LogP contribution in [0, 0.1) is 5.41 Å². The smallest absolute Gasteiger partial charge is 0.0403 e. The molecule has 1 fully saturated rings. The molecule has 0 saturated heterocycles. The van der Waals surface area contributed by atoms with E-state index in [4.69, 9.17) is 5.84 Å². The average Bonchev–Trinajstić information content (AvgIpc) is 2.47. The first-order chi connectivity index (χ1) is 3.69. The van der Waals surface area contributed by atoms with Crippen LogP contribution < -0.4 is 5.84 Å². The van der Waals surface area contributed by atoms with Gasteiger partial charge in [0, 0.05) is 11.1 Å². The summed E-state index contributed by atoms with van der Waals surface area (Å²) in [5.74, 6) is 5.09. The van der Waals surface area contributed by atoms with E-state index >= 15 is 0 Å². The highest BCUT2D eigenvalue weighted by Gasteiger charge is 2.40. The maximum absolute atomic E-state index is 5.09. The fourth-order valence-corrected chi connectivity index (χ4v) is 0.705. The summed E-state index contributed by atoms with van der Waals surface area (Å²) in [5, 5.41) is 3.64. The molecule has 0 bridgehead atoms. The van der Waals surface area contributed by atoms with Crippen molar-refractivity contribution in [1.82, 2.24) is 0 Å². The molecule has 0 radical (unpaired) electrons. The Hall–Kier alpha value is -0.530. The van der Waals surface area contributed by atoms with Gasteiger partial charge in [-0.05, 0) is 19.8 Å². The first kappa shape index (κ1) is 5.60. The summed E-state index contributed by atoms with van der Waals surface area (Å²) < 4.78 is 0. The second kappa shape index (κ2) is 1.47. The van der Waals surface area contributed by atoms with Gasteiger partial charge in [0.1, 0.15) is 0 Å². The van der Waals surface area contributed by atoms with Crippen molar-refractivity contribution in [3.8, 4) is 0 Å². The van der Waals surface area contributed by atoms with Crippen LogP contribution in [0.2, 0.25) is 0 Å². The molecule has 1 rings (SSSR count). The number of nitrogens with two attached hydrogens (primary N) is 1. The Bertz CT molecular complexity index is 122. The van der Waals surface area contributed by atoms with Crippen LogP contribution in [0.3, 0.4) is 0 Å². The molecular formula is C6H12N2. The number of hydrogen-bond acceptors (Lipinski definition) is 2. The van der Waals surface area contributed by atoms with Gasteiger partial charge in [0.2, 0.25) is 0 Å². The number of nitrogens with zero attached hydrogens (tertiary/aromatic N) is 1. The lowest BCUT2D eigenvalue weighted by Gasteiger charge is -2.03. The zero-order valence-corrected chi connectivity index (χ0v) is 5.44. The summed E-state index contributed by atoms with van der Waals surface area (Å²) in [6.07, 6.45) is 2.53. The Morgan fingerprint density at radius 3 is 2.25 bits per heavy atom. The normalized spacial score (nSPS) is 25.5. The quantitative estimate of drug-likeness (QED) is 0.308. The van der Waals surface area contributed by atoms with Gasteiger partial charge in [0.25, 0.3) is 0 Å². The zero-order chi connectivity index (χ0) is 6.20. The minimum Gasteiger partial charge on any atom is -0.323 e. The van der Waals surface area contributed by atoms with Crippen LogP contribution in [0.25, 0.3) is 0 Å². The molecule has 0 aromatic heterocycles. The molecule has 1 aliphatic rings. The van der Waals surface area contributed by atoms with Gasteiger partial charge in [-0.25, -0.2) is 0 Å². The van der Waals surface area contributed by atoms with Gasteiger partial charge >= 0.3 is 0 Å². The van der Waals surface area contributed by atoms with Crippen LogP contribution >= 0.6 is 0 Å². The summed E-state index contributed by atoms with van der Waals surface area (Å²) in [6.45, 7) is 4.19. The molecule has 0 aromatic rings. The molecule has 0 unspecified atom stereocenters. The van der Waals surface area contributed by atoms with Crippen molar-refractivity contribution in [3.05, 3.63) is 0 Å². The first-order valence-corrected chi connectivity index (χ1v) is 2.94. The molecule has 2 N–H and O–H groups in total. The molecule has 1 aliphatic carbocycles. The Kier molecular flexibility index (Phi) is 1.03. The van der Waals surface area contributed by atoms with E-state index in [0.717, 1.165) is 5.71 Å². The van der Waals surface area contributed by atoms with Gasteiger partial charge in [-0.3, -0.25) is 0 Å². The first-order valence-electron chi connectivity index (χ1n) is 2.94. The van der Waals surface area contributed by atoms with Crippen molar-refractivity contribution >= 4 is 5.71 Å².